The molecule has 3 fully saturated rings. The summed E-state index contributed by atoms with van der Waals surface area (Å²) in [4.78, 5) is 31.0. The number of rotatable bonds is 3. The van der Waals surface area contributed by atoms with Crippen molar-refractivity contribution >= 4 is 17.5 Å². The van der Waals surface area contributed by atoms with E-state index in [1.165, 1.54) is 11.0 Å². The fourth-order valence-electron chi connectivity index (χ4n) is 5.06. The minimum absolute atomic E-state index is 0.219. The Kier molecular flexibility index (Phi) is 5.51. The largest absolute Gasteiger partial charge is 0.381 e. The van der Waals surface area contributed by atoms with Crippen LogP contribution in [0.1, 0.15) is 42.5 Å². The van der Waals surface area contributed by atoms with E-state index in [-0.39, 0.29) is 17.9 Å². The average molecular weight is 403 g/mol. The molecule has 3 heterocycles. The van der Waals surface area contributed by atoms with Crippen LogP contribution in [-0.4, -0.2) is 74.6 Å². The van der Waals surface area contributed by atoms with Gasteiger partial charge in [-0.1, -0.05) is 0 Å². The summed E-state index contributed by atoms with van der Waals surface area (Å²) in [6.07, 6.45) is 4.37. The van der Waals surface area contributed by atoms with Crippen LogP contribution in [0.4, 0.5) is 10.1 Å². The molecule has 0 radical (unpaired) electrons. The molecule has 1 aromatic rings. The standard InChI is InChI=1S/C22H30FN3O3/c1-24(2)20(27)16-4-5-19(18(23)14-16)25-10-3-8-22(15-25)9-11-26(21(22)28)17-6-12-29-13-7-17/h4-5,14,17H,3,6-13,15H2,1-2H3/t22-/m0/s1. The van der Waals surface area contributed by atoms with E-state index in [1.807, 2.05) is 4.90 Å². The van der Waals surface area contributed by atoms with Crippen molar-refractivity contribution in [1.29, 1.82) is 0 Å². The first-order chi connectivity index (χ1) is 13.9. The Morgan fingerprint density at radius 3 is 2.66 bits per heavy atom. The van der Waals surface area contributed by atoms with Gasteiger partial charge in [0.05, 0.1) is 11.1 Å². The molecular formula is C22H30FN3O3. The fourth-order valence-corrected chi connectivity index (χ4v) is 5.06. The maximum absolute atomic E-state index is 14.9. The molecule has 29 heavy (non-hydrogen) atoms. The molecule has 0 aliphatic carbocycles. The van der Waals surface area contributed by atoms with Crippen molar-refractivity contribution in [2.45, 2.75) is 38.1 Å². The van der Waals surface area contributed by atoms with Crippen molar-refractivity contribution in [3.8, 4) is 0 Å². The third kappa shape index (κ3) is 3.72. The molecule has 0 N–H and O–H groups in total. The second-order valence-electron chi connectivity index (χ2n) is 8.76. The average Bonchev–Trinajstić information content (AvgIpc) is 3.03. The van der Waals surface area contributed by atoms with E-state index in [0.717, 1.165) is 58.4 Å². The van der Waals surface area contributed by atoms with Crippen molar-refractivity contribution in [3.05, 3.63) is 29.6 Å². The van der Waals surface area contributed by atoms with E-state index in [4.69, 9.17) is 4.74 Å². The normalized spacial score (nSPS) is 25.7. The van der Waals surface area contributed by atoms with Crippen LogP contribution in [0.5, 0.6) is 0 Å². The van der Waals surface area contributed by atoms with Gasteiger partial charge < -0.3 is 19.4 Å². The van der Waals surface area contributed by atoms with Crippen LogP contribution in [0.25, 0.3) is 0 Å². The zero-order valence-electron chi connectivity index (χ0n) is 17.3. The summed E-state index contributed by atoms with van der Waals surface area (Å²) < 4.78 is 20.3. The Hall–Kier alpha value is -2.15. The number of anilines is 1. The topological polar surface area (TPSA) is 53.1 Å². The van der Waals surface area contributed by atoms with Gasteiger partial charge in [0.25, 0.3) is 5.91 Å². The summed E-state index contributed by atoms with van der Waals surface area (Å²) in [5.41, 5.74) is 0.406. The molecule has 1 aromatic carbocycles. The molecule has 3 saturated heterocycles. The lowest BCUT2D eigenvalue weighted by Gasteiger charge is -2.41. The molecule has 0 unspecified atom stereocenters. The summed E-state index contributed by atoms with van der Waals surface area (Å²) in [6, 6.07) is 4.94. The summed E-state index contributed by atoms with van der Waals surface area (Å²) >= 11 is 0. The van der Waals surface area contributed by atoms with Gasteiger partial charge in [0.15, 0.2) is 0 Å². The Morgan fingerprint density at radius 1 is 1.21 bits per heavy atom. The SMILES string of the molecule is CN(C)C(=O)c1ccc(N2CCC[C@]3(CCN(C4CCOCC4)C3=O)C2)c(F)c1. The van der Waals surface area contributed by atoms with Crippen molar-refractivity contribution in [2.24, 2.45) is 5.41 Å². The van der Waals surface area contributed by atoms with Crippen molar-refractivity contribution in [1.82, 2.24) is 9.80 Å². The highest BCUT2D eigenvalue weighted by atomic mass is 19.1. The number of ether oxygens (including phenoxy) is 1. The minimum atomic E-state index is -0.416. The lowest BCUT2D eigenvalue weighted by Crippen LogP contribution is -2.50. The van der Waals surface area contributed by atoms with Gasteiger partial charge in [0.2, 0.25) is 5.91 Å². The van der Waals surface area contributed by atoms with E-state index >= 15 is 0 Å². The van der Waals surface area contributed by atoms with Crippen LogP contribution in [0.3, 0.4) is 0 Å². The number of benzene rings is 1. The highest BCUT2D eigenvalue weighted by Crippen LogP contribution is 2.43. The van der Waals surface area contributed by atoms with Gasteiger partial charge in [-0.25, -0.2) is 4.39 Å². The van der Waals surface area contributed by atoms with Crippen LogP contribution in [0.15, 0.2) is 18.2 Å². The van der Waals surface area contributed by atoms with E-state index in [2.05, 4.69) is 4.90 Å². The van der Waals surface area contributed by atoms with Crippen LogP contribution >= 0.6 is 0 Å². The van der Waals surface area contributed by atoms with Gasteiger partial charge in [-0.05, 0) is 50.3 Å². The van der Waals surface area contributed by atoms with Gasteiger partial charge in [-0.3, -0.25) is 9.59 Å². The van der Waals surface area contributed by atoms with Crippen molar-refractivity contribution in [3.63, 3.8) is 0 Å². The highest BCUT2D eigenvalue weighted by molar-refractivity contribution is 5.94. The molecule has 6 nitrogen and oxygen atoms in total. The van der Waals surface area contributed by atoms with E-state index in [0.29, 0.717) is 17.8 Å². The Labute approximate surface area is 171 Å². The number of amides is 2. The zero-order chi connectivity index (χ0) is 20.6. The quantitative estimate of drug-likeness (QED) is 0.778. The summed E-state index contributed by atoms with van der Waals surface area (Å²) in [5, 5.41) is 0. The number of hydrogen-bond donors (Lipinski definition) is 0. The van der Waals surface area contributed by atoms with Gasteiger partial charge in [0.1, 0.15) is 5.82 Å². The van der Waals surface area contributed by atoms with E-state index in [9.17, 15) is 14.0 Å². The fraction of sp³-hybridized carbons (Fsp3) is 0.636. The molecule has 2 amide bonds. The van der Waals surface area contributed by atoms with Crippen LogP contribution in [0, 0.1) is 11.2 Å². The number of carbonyl (C=O) groups is 2. The molecule has 3 aliphatic heterocycles. The molecule has 4 rings (SSSR count). The smallest absolute Gasteiger partial charge is 0.253 e. The molecule has 0 saturated carbocycles. The monoisotopic (exact) mass is 403 g/mol. The van der Waals surface area contributed by atoms with Gasteiger partial charge in [-0.2, -0.15) is 0 Å². The molecule has 158 valence electrons. The second kappa shape index (κ2) is 7.94. The summed E-state index contributed by atoms with van der Waals surface area (Å²) in [5.74, 6) is -0.390. The van der Waals surface area contributed by atoms with E-state index in [1.54, 1.807) is 26.2 Å². The predicted octanol–water partition coefficient (Wildman–Crippen LogP) is 2.53. The summed E-state index contributed by atoms with van der Waals surface area (Å²) in [6.45, 7) is 3.50. The second-order valence-corrected chi connectivity index (χ2v) is 8.76. The first-order valence-electron chi connectivity index (χ1n) is 10.6. The summed E-state index contributed by atoms with van der Waals surface area (Å²) in [7, 11) is 3.30. The van der Waals surface area contributed by atoms with Crippen molar-refractivity contribution in [2.75, 3.05) is 51.8 Å². The van der Waals surface area contributed by atoms with Crippen LogP contribution < -0.4 is 4.90 Å². The Morgan fingerprint density at radius 2 is 1.97 bits per heavy atom. The molecular weight excluding hydrogens is 373 g/mol. The molecule has 0 bridgehead atoms. The maximum Gasteiger partial charge on any atom is 0.253 e. The first kappa shape index (κ1) is 20.1. The van der Waals surface area contributed by atoms with Crippen LogP contribution in [0.2, 0.25) is 0 Å². The van der Waals surface area contributed by atoms with Crippen LogP contribution in [-0.2, 0) is 9.53 Å². The maximum atomic E-state index is 14.9. The number of carbonyl (C=O) groups excluding carboxylic acids is 2. The molecule has 1 atom stereocenters. The van der Waals surface area contributed by atoms with Crippen molar-refractivity contribution < 1.29 is 18.7 Å². The Bertz CT molecular complexity index is 794. The lowest BCUT2D eigenvalue weighted by atomic mass is 9.78. The predicted molar refractivity (Wildman–Crippen MR) is 108 cm³/mol. The third-order valence-electron chi connectivity index (χ3n) is 6.70. The highest BCUT2D eigenvalue weighted by Gasteiger charge is 2.50. The number of nitrogens with zero attached hydrogens (tertiary/aromatic N) is 3. The first-order valence-corrected chi connectivity index (χ1v) is 10.6. The number of hydrogen-bond acceptors (Lipinski definition) is 4. The van der Waals surface area contributed by atoms with Gasteiger partial charge >= 0.3 is 0 Å². The molecule has 3 aliphatic rings. The lowest BCUT2D eigenvalue weighted by molar-refractivity contribution is -0.139. The number of halogens is 1. The Balaban J connectivity index is 1.51. The molecule has 0 aromatic heterocycles. The van der Waals surface area contributed by atoms with Gasteiger partial charge in [0, 0.05) is 58.5 Å². The molecule has 7 heteroatoms. The minimum Gasteiger partial charge on any atom is -0.381 e. The number of piperidine rings is 1. The van der Waals surface area contributed by atoms with E-state index < -0.39 is 11.2 Å². The third-order valence-corrected chi connectivity index (χ3v) is 6.70. The zero-order valence-corrected chi connectivity index (χ0v) is 17.3. The molecule has 1 spiro atoms. The number of likely N-dealkylation sites (tertiary alicyclic amines) is 1. The van der Waals surface area contributed by atoms with Gasteiger partial charge in [-0.15, -0.1) is 0 Å².